The van der Waals surface area contributed by atoms with E-state index in [1.165, 1.54) is 0 Å². The van der Waals surface area contributed by atoms with E-state index < -0.39 is 5.54 Å². The summed E-state index contributed by atoms with van der Waals surface area (Å²) in [5.74, 6) is 0.0286. The van der Waals surface area contributed by atoms with Gasteiger partial charge in [0, 0.05) is 11.3 Å². The van der Waals surface area contributed by atoms with Gasteiger partial charge in [0.15, 0.2) is 0 Å². The SMILES string of the molecule is O=[N+]([O-])C1(CCl)C=CC=CC1. The highest BCUT2D eigenvalue weighted by molar-refractivity contribution is 6.18. The first-order valence-corrected chi connectivity index (χ1v) is 3.79. The number of nitro groups is 1. The largest absolute Gasteiger partial charge is 0.264 e. The molecule has 0 saturated heterocycles. The van der Waals surface area contributed by atoms with Crippen LogP contribution in [-0.2, 0) is 0 Å². The predicted molar refractivity (Wildman–Crippen MR) is 43.3 cm³/mol. The summed E-state index contributed by atoms with van der Waals surface area (Å²) in [6.45, 7) is 0. The number of nitrogens with zero attached hydrogens (tertiary/aromatic N) is 1. The predicted octanol–water partition coefficient (Wildman–Crippen LogP) is 1.76. The Morgan fingerprint density at radius 1 is 1.64 bits per heavy atom. The third-order valence-corrected chi connectivity index (χ3v) is 2.18. The second kappa shape index (κ2) is 3.05. The number of halogens is 1. The maximum atomic E-state index is 10.5. The molecule has 4 heteroatoms. The van der Waals surface area contributed by atoms with Crippen molar-refractivity contribution in [3.8, 4) is 0 Å². The van der Waals surface area contributed by atoms with E-state index in [2.05, 4.69) is 0 Å². The van der Waals surface area contributed by atoms with E-state index in [-0.39, 0.29) is 10.8 Å². The van der Waals surface area contributed by atoms with Crippen molar-refractivity contribution in [3.05, 3.63) is 34.4 Å². The van der Waals surface area contributed by atoms with E-state index in [4.69, 9.17) is 11.6 Å². The third kappa shape index (κ3) is 1.43. The van der Waals surface area contributed by atoms with Crippen molar-refractivity contribution in [1.29, 1.82) is 0 Å². The van der Waals surface area contributed by atoms with Crippen LogP contribution < -0.4 is 0 Å². The zero-order valence-electron chi connectivity index (χ0n) is 5.87. The first-order chi connectivity index (χ1) is 5.21. The molecule has 0 fully saturated rings. The summed E-state index contributed by atoms with van der Waals surface area (Å²) in [5.41, 5.74) is -1.06. The summed E-state index contributed by atoms with van der Waals surface area (Å²) in [5, 5.41) is 10.5. The fourth-order valence-electron chi connectivity index (χ4n) is 0.937. The minimum atomic E-state index is -1.06. The Hall–Kier alpha value is -0.830. The Morgan fingerprint density at radius 3 is 2.64 bits per heavy atom. The molecule has 0 N–H and O–H groups in total. The first-order valence-electron chi connectivity index (χ1n) is 3.26. The number of alkyl halides is 1. The van der Waals surface area contributed by atoms with Gasteiger partial charge in [0.1, 0.15) is 0 Å². The normalized spacial score (nSPS) is 28.8. The third-order valence-electron chi connectivity index (χ3n) is 1.72. The summed E-state index contributed by atoms with van der Waals surface area (Å²) in [7, 11) is 0. The fraction of sp³-hybridized carbons (Fsp3) is 0.429. The lowest BCUT2D eigenvalue weighted by atomic mass is 9.94. The zero-order valence-corrected chi connectivity index (χ0v) is 6.62. The molecular formula is C7H8ClNO2. The van der Waals surface area contributed by atoms with E-state index in [9.17, 15) is 10.1 Å². The average Bonchev–Trinajstić information content (AvgIpc) is 2.05. The van der Waals surface area contributed by atoms with Gasteiger partial charge in [0.25, 0.3) is 5.54 Å². The number of rotatable bonds is 2. The van der Waals surface area contributed by atoms with Crippen LogP contribution in [0, 0.1) is 10.1 Å². The van der Waals surface area contributed by atoms with Gasteiger partial charge in [-0.25, -0.2) is 0 Å². The maximum Gasteiger partial charge on any atom is 0.257 e. The van der Waals surface area contributed by atoms with Crippen molar-refractivity contribution in [2.45, 2.75) is 12.0 Å². The monoisotopic (exact) mass is 173 g/mol. The molecular weight excluding hydrogens is 166 g/mol. The van der Waals surface area contributed by atoms with Crippen LogP contribution in [0.4, 0.5) is 0 Å². The standard InChI is InChI=1S/C7H8ClNO2/c8-6-7(9(10)11)4-2-1-3-5-7/h1-4H,5-6H2. The summed E-state index contributed by atoms with van der Waals surface area (Å²) >= 11 is 5.51. The lowest BCUT2D eigenvalue weighted by Gasteiger charge is -2.18. The highest BCUT2D eigenvalue weighted by Crippen LogP contribution is 2.22. The van der Waals surface area contributed by atoms with E-state index in [1.54, 1.807) is 24.3 Å². The maximum absolute atomic E-state index is 10.5. The molecule has 0 aliphatic heterocycles. The van der Waals surface area contributed by atoms with Crippen LogP contribution in [0.15, 0.2) is 24.3 Å². The summed E-state index contributed by atoms with van der Waals surface area (Å²) < 4.78 is 0. The molecule has 0 aromatic rings. The van der Waals surface area contributed by atoms with Crippen LogP contribution in [0.3, 0.4) is 0 Å². The van der Waals surface area contributed by atoms with Gasteiger partial charge in [0.2, 0.25) is 0 Å². The highest BCUT2D eigenvalue weighted by atomic mass is 35.5. The molecule has 0 amide bonds. The average molecular weight is 174 g/mol. The number of allylic oxidation sites excluding steroid dienone is 2. The Bertz CT molecular complexity index is 224. The van der Waals surface area contributed by atoms with Gasteiger partial charge in [0.05, 0.1) is 5.88 Å². The van der Waals surface area contributed by atoms with Crippen LogP contribution in [-0.4, -0.2) is 16.3 Å². The number of hydrogen-bond donors (Lipinski definition) is 0. The molecule has 60 valence electrons. The van der Waals surface area contributed by atoms with Crippen LogP contribution in [0.1, 0.15) is 6.42 Å². The van der Waals surface area contributed by atoms with E-state index in [0.717, 1.165) is 0 Å². The van der Waals surface area contributed by atoms with Gasteiger partial charge in [-0.1, -0.05) is 18.2 Å². The van der Waals surface area contributed by atoms with Crippen molar-refractivity contribution in [2.24, 2.45) is 0 Å². The minimum absolute atomic E-state index is 0.0286. The fourth-order valence-corrected chi connectivity index (χ4v) is 1.23. The van der Waals surface area contributed by atoms with Gasteiger partial charge >= 0.3 is 0 Å². The van der Waals surface area contributed by atoms with Crippen molar-refractivity contribution >= 4 is 11.6 Å². The van der Waals surface area contributed by atoms with Gasteiger partial charge in [-0.3, -0.25) is 10.1 Å². The van der Waals surface area contributed by atoms with Crippen molar-refractivity contribution in [1.82, 2.24) is 0 Å². The molecule has 3 nitrogen and oxygen atoms in total. The first kappa shape index (κ1) is 8.27. The molecule has 0 radical (unpaired) electrons. The van der Waals surface area contributed by atoms with Gasteiger partial charge in [-0.05, 0) is 6.08 Å². The minimum Gasteiger partial charge on any atom is -0.264 e. The lowest BCUT2D eigenvalue weighted by Crippen LogP contribution is -2.38. The molecule has 0 bridgehead atoms. The molecule has 1 aliphatic carbocycles. The molecule has 0 aromatic heterocycles. The summed E-state index contributed by atoms with van der Waals surface area (Å²) in [4.78, 5) is 10.2. The molecule has 1 rings (SSSR count). The van der Waals surface area contributed by atoms with Crippen molar-refractivity contribution in [2.75, 3.05) is 5.88 Å². The topological polar surface area (TPSA) is 43.1 Å². The van der Waals surface area contributed by atoms with E-state index >= 15 is 0 Å². The molecule has 0 heterocycles. The Labute approximate surface area is 69.5 Å². The quantitative estimate of drug-likeness (QED) is 0.363. The summed E-state index contributed by atoms with van der Waals surface area (Å²) in [6, 6.07) is 0. The molecule has 0 spiro atoms. The molecule has 11 heavy (non-hydrogen) atoms. The van der Waals surface area contributed by atoms with Gasteiger partial charge in [-0.15, -0.1) is 11.6 Å². The van der Waals surface area contributed by atoms with Gasteiger partial charge in [-0.2, -0.15) is 0 Å². The smallest absolute Gasteiger partial charge is 0.257 e. The Balaban J connectivity index is 2.85. The lowest BCUT2D eigenvalue weighted by molar-refractivity contribution is -0.548. The second-order valence-electron chi connectivity index (χ2n) is 2.49. The molecule has 1 unspecified atom stereocenters. The Morgan fingerprint density at radius 2 is 2.36 bits per heavy atom. The zero-order chi connectivity index (χ0) is 8.32. The summed E-state index contributed by atoms with van der Waals surface area (Å²) in [6.07, 6.45) is 7.13. The molecule has 1 aliphatic rings. The van der Waals surface area contributed by atoms with Crippen molar-refractivity contribution < 1.29 is 4.92 Å². The van der Waals surface area contributed by atoms with E-state index in [0.29, 0.717) is 6.42 Å². The second-order valence-corrected chi connectivity index (χ2v) is 2.75. The molecule has 1 atom stereocenters. The number of hydrogen-bond acceptors (Lipinski definition) is 2. The van der Waals surface area contributed by atoms with Crippen LogP contribution in [0.25, 0.3) is 0 Å². The van der Waals surface area contributed by atoms with Crippen LogP contribution in [0.2, 0.25) is 0 Å². The van der Waals surface area contributed by atoms with E-state index in [1.807, 2.05) is 0 Å². The molecule has 0 aromatic carbocycles. The van der Waals surface area contributed by atoms with Crippen molar-refractivity contribution in [3.63, 3.8) is 0 Å². The highest BCUT2D eigenvalue weighted by Gasteiger charge is 2.38. The molecule has 0 saturated carbocycles. The van der Waals surface area contributed by atoms with Gasteiger partial charge < -0.3 is 0 Å². The Kier molecular flexibility index (Phi) is 2.29. The van der Waals surface area contributed by atoms with Crippen LogP contribution >= 0.6 is 11.6 Å². The van der Waals surface area contributed by atoms with Crippen LogP contribution in [0.5, 0.6) is 0 Å².